The third-order valence-corrected chi connectivity index (χ3v) is 5.12. The number of nitrogens with zero attached hydrogens (tertiary/aromatic N) is 1. The SMILES string of the molecule is COc1ccc(C2SCCN2C(=O)c2ccccc2)c(OC)c1. The van der Waals surface area contributed by atoms with Crippen molar-refractivity contribution in [3.8, 4) is 11.5 Å². The maximum atomic E-state index is 12.8. The third kappa shape index (κ3) is 3.15. The van der Waals surface area contributed by atoms with Gasteiger partial charge in [0.15, 0.2) is 0 Å². The first-order chi connectivity index (χ1) is 11.2. The number of hydrogen-bond acceptors (Lipinski definition) is 4. The summed E-state index contributed by atoms with van der Waals surface area (Å²) in [4.78, 5) is 14.7. The predicted molar refractivity (Wildman–Crippen MR) is 92.2 cm³/mol. The highest BCUT2D eigenvalue weighted by molar-refractivity contribution is 7.99. The minimum Gasteiger partial charge on any atom is -0.497 e. The summed E-state index contributed by atoms with van der Waals surface area (Å²) in [5.41, 5.74) is 1.72. The molecule has 1 atom stereocenters. The van der Waals surface area contributed by atoms with Crippen molar-refractivity contribution in [1.82, 2.24) is 4.90 Å². The number of rotatable bonds is 4. The van der Waals surface area contributed by atoms with Crippen LogP contribution in [0.1, 0.15) is 21.3 Å². The zero-order valence-corrected chi connectivity index (χ0v) is 14.0. The Labute approximate surface area is 140 Å². The number of ether oxygens (including phenoxy) is 2. The van der Waals surface area contributed by atoms with Crippen molar-refractivity contribution < 1.29 is 14.3 Å². The van der Waals surface area contributed by atoms with E-state index in [1.165, 1.54) is 0 Å². The van der Waals surface area contributed by atoms with Gasteiger partial charge in [0.2, 0.25) is 0 Å². The van der Waals surface area contributed by atoms with Gasteiger partial charge in [0.05, 0.1) is 14.2 Å². The van der Waals surface area contributed by atoms with Crippen molar-refractivity contribution >= 4 is 17.7 Å². The Bertz CT molecular complexity index is 690. The summed E-state index contributed by atoms with van der Waals surface area (Å²) in [6.45, 7) is 0.734. The van der Waals surface area contributed by atoms with E-state index in [1.54, 1.807) is 26.0 Å². The molecule has 120 valence electrons. The average molecular weight is 329 g/mol. The molecule has 1 heterocycles. The maximum absolute atomic E-state index is 12.8. The molecule has 1 aliphatic heterocycles. The molecule has 0 N–H and O–H groups in total. The van der Waals surface area contributed by atoms with Crippen LogP contribution in [0.15, 0.2) is 48.5 Å². The standard InChI is InChI=1S/C18H19NO3S/c1-21-14-8-9-15(16(12-14)22-2)18-19(10-11-23-18)17(20)13-6-4-3-5-7-13/h3-9,12,18H,10-11H2,1-2H3. The summed E-state index contributed by atoms with van der Waals surface area (Å²) in [5, 5.41) is -0.0384. The van der Waals surface area contributed by atoms with E-state index in [0.29, 0.717) is 5.56 Å². The molecular formula is C18H19NO3S. The van der Waals surface area contributed by atoms with Crippen LogP contribution in [0.3, 0.4) is 0 Å². The Hall–Kier alpha value is -2.14. The Balaban J connectivity index is 1.91. The van der Waals surface area contributed by atoms with E-state index in [9.17, 15) is 4.79 Å². The summed E-state index contributed by atoms with van der Waals surface area (Å²) < 4.78 is 10.8. The highest BCUT2D eigenvalue weighted by Gasteiger charge is 2.33. The molecule has 0 bridgehead atoms. The molecule has 0 saturated carbocycles. The van der Waals surface area contributed by atoms with E-state index >= 15 is 0 Å². The smallest absolute Gasteiger partial charge is 0.255 e. The quantitative estimate of drug-likeness (QED) is 0.859. The molecule has 0 aromatic heterocycles. The predicted octanol–water partition coefficient (Wildman–Crippen LogP) is 3.59. The summed E-state index contributed by atoms with van der Waals surface area (Å²) >= 11 is 1.75. The molecule has 1 amide bonds. The van der Waals surface area contributed by atoms with E-state index < -0.39 is 0 Å². The number of thioether (sulfide) groups is 1. The number of hydrogen-bond donors (Lipinski definition) is 0. The molecule has 0 aliphatic carbocycles. The van der Waals surface area contributed by atoms with Gasteiger partial charge in [0.25, 0.3) is 5.91 Å². The largest absolute Gasteiger partial charge is 0.497 e. The number of carbonyl (C=O) groups excluding carboxylic acids is 1. The van der Waals surface area contributed by atoms with E-state index in [0.717, 1.165) is 29.4 Å². The first-order valence-corrected chi connectivity index (χ1v) is 8.49. The zero-order chi connectivity index (χ0) is 16.2. The number of carbonyl (C=O) groups is 1. The van der Waals surface area contributed by atoms with Crippen molar-refractivity contribution in [1.29, 1.82) is 0 Å². The van der Waals surface area contributed by atoms with Crippen molar-refractivity contribution in [2.24, 2.45) is 0 Å². The molecule has 2 aromatic carbocycles. The lowest BCUT2D eigenvalue weighted by Gasteiger charge is -2.25. The van der Waals surface area contributed by atoms with Crippen molar-refractivity contribution in [3.05, 3.63) is 59.7 Å². The van der Waals surface area contributed by atoms with Gasteiger partial charge in [-0.25, -0.2) is 0 Å². The molecule has 1 unspecified atom stereocenters. The van der Waals surface area contributed by atoms with Crippen molar-refractivity contribution in [2.75, 3.05) is 26.5 Å². The topological polar surface area (TPSA) is 38.8 Å². The van der Waals surface area contributed by atoms with Crippen LogP contribution >= 0.6 is 11.8 Å². The van der Waals surface area contributed by atoms with E-state index in [4.69, 9.17) is 9.47 Å². The van der Waals surface area contributed by atoms with Crippen LogP contribution in [0.25, 0.3) is 0 Å². The summed E-state index contributed by atoms with van der Waals surface area (Å²) in [6.07, 6.45) is 0. The van der Waals surface area contributed by atoms with Gasteiger partial charge in [0.1, 0.15) is 16.9 Å². The van der Waals surface area contributed by atoms with Crippen LogP contribution in [0.2, 0.25) is 0 Å². The molecule has 23 heavy (non-hydrogen) atoms. The Morgan fingerprint density at radius 2 is 1.91 bits per heavy atom. The lowest BCUT2D eigenvalue weighted by atomic mass is 10.1. The Morgan fingerprint density at radius 1 is 1.13 bits per heavy atom. The molecule has 1 fully saturated rings. The summed E-state index contributed by atoms with van der Waals surface area (Å²) in [6, 6.07) is 15.1. The third-order valence-electron chi connectivity index (χ3n) is 3.88. The highest BCUT2D eigenvalue weighted by Crippen LogP contribution is 2.43. The average Bonchev–Trinajstić information content (AvgIpc) is 3.10. The van der Waals surface area contributed by atoms with Gasteiger partial charge in [-0.1, -0.05) is 18.2 Å². The van der Waals surface area contributed by atoms with Gasteiger partial charge in [-0.2, -0.15) is 0 Å². The minimum absolute atomic E-state index is 0.0384. The van der Waals surface area contributed by atoms with E-state index in [-0.39, 0.29) is 11.3 Å². The summed E-state index contributed by atoms with van der Waals surface area (Å²) in [5.74, 6) is 2.46. The zero-order valence-electron chi connectivity index (χ0n) is 13.2. The molecule has 3 rings (SSSR count). The first kappa shape index (κ1) is 15.7. The van der Waals surface area contributed by atoms with Crippen LogP contribution < -0.4 is 9.47 Å². The monoisotopic (exact) mass is 329 g/mol. The second kappa shape index (κ2) is 6.96. The number of benzene rings is 2. The molecule has 4 nitrogen and oxygen atoms in total. The van der Waals surface area contributed by atoms with Crippen LogP contribution in [0.5, 0.6) is 11.5 Å². The van der Waals surface area contributed by atoms with E-state index in [2.05, 4.69) is 0 Å². The molecule has 1 saturated heterocycles. The normalized spacial score (nSPS) is 17.1. The molecular weight excluding hydrogens is 310 g/mol. The van der Waals surface area contributed by atoms with Gasteiger partial charge in [0, 0.05) is 29.5 Å². The van der Waals surface area contributed by atoms with Crippen LogP contribution in [0, 0.1) is 0 Å². The number of methoxy groups -OCH3 is 2. The highest BCUT2D eigenvalue weighted by atomic mass is 32.2. The fraction of sp³-hybridized carbons (Fsp3) is 0.278. The van der Waals surface area contributed by atoms with Crippen molar-refractivity contribution in [3.63, 3.8) is 0 Å². The first-order valence-electron chi connectivity index (χ1n) is 7.44. The van der Waals surface area contributed by atoms with Crippen LogP contribution in [0.4, 0.5) is 0 Å². The fourth-order valence-corrected chi connectivity index (χ4v) is 3.99. The number of amides is 1. The molecule has 2 aromatic rings. The lowest BCUT2D eigenvalue weighted by Crippen LogP contribution is -2.30. The Morgan fingerprint density at radius 3 is 2.61 bits per heavy atom. The van der Waals surface area contributed by atoms with Gasteiger partial charge in [-0.15, -0.1) is 11.8 Å². The Kier molecular flexibility index (Phi) is 4.76. The molecule has 0 radical (unpaired) electrons. The summed E-state index contributed by atoms with van der Waals surface area (Å²) in [7, 11) is 3.27. The van der Waals surface area contributed by atoms with Crippen molar-refractivity contribution in [2.45, 2.75) is 5.37 Å². The molecule has 1 aliphatic rings. The molecule has 0 spiro atoms. The van der Waals surface area contributed by atoms with Gasteiger partial charge in [-0.05, 0) is 24.3 Å². The molecule has 5 heteroatoms. The van der Waals surface area contributed by atoms with Gasteiger partial charge >= 0.3 is 0 Å². The van der Waals surface area contributed by atoms with Crippen LogP contribution in [-0.2, 0) is 0 Å². The van der Waals surface area contributed by atoms with Crippen LogP contribution in [-0.4, -0.2) is 37.3 Å². The lowest BCUT2D eigenvalue weighted by molar-refractivity contribution is 0.0759. The van der Waals surface area contributed by atoms with Gasteiger partial charge < -0.3 is 14.4 Å². The fourth-order valence-electron chi connectivity index (χ4n) is 2.70. The minimum atomic E-state index is -0.0384. The van der Waals surface area contributed by atoms with Gasteiger partial charge in [-0.3, -0.25) is 4.79 Å². The maximum Gasteiger partial charge on any atom is 0.255 e. The second-order valence-electron chi connectivity index (χ2n) is 5.20. The second-order valence-corrected chi connectivity index (χ2v) is 6.38. The van der Waals surface area contributed by atoms with E-state index in [1.807, 2.05) is 53.4 Å².